The van der Waals surface area contributed by atoms with E-state index >= 15 is 0 Å². The lowest BCUT2D eigenvalue weighted by atomic mass is 10.1. The molecular formula is C10H19N3O2S. The predicted octanol–water partition coefficient (Wildman–Crippen LogP) is -0.458. The molecule has 4 N–H and O–H groups in total. The summed E-state index contributed by atoms with van der Waals surface area (Å²) in [6.45, 7) is 4.79. The molecule has 3 unspecified atom stereocenters. The molecule has 92 valence electrons. The molecule has 6 heteroatoms. The van der Waals surface area contributed by atoms with Gasteiger partial charge in [-0.2, -0.15) is 11.8 Å². The molecule has 1 saturated heterocycles. The zero-order valence-electron chi connectivity index (χ0n) is 9.68. The fourth-order valence-corrected chi connectivity index (χ4v) is 2.86. The number of hydrogen-bond acceptors (Lipinski definition) is 4. The number of rotatable bonds is 3. The van der Waals surface area contributed by atoms with Crippen LogP contribution in [-0.2, 0) is 9.59 Å². The molecule has 0 aromatic heterocycles. The first-order valence-corrected chi connectivity index (χ1v) is 6.44. The molecule has 0 spiro atoms. The van der Waals surface area contributed by atoms with Crippen molar-refractivity contribution in [2.24, 2.45) is 11.5 Å². The summed E-state index contributed by atoms with van der Waals surface area (Å²) in [5, 5.41) is 0.401. The van der Waals surface area contributed by atoms with Gasteiger partial charge in [0, 0.05) is 23.6 Å². The largest absolute Gasteiger partial charge is 0.370 e. The number of nitrogens with two attached hydrogens (primary N) is 2. The normalized spacial score (nSPS) is 27.6. The molecule has 0 aromatic carbocycles. The summed E-state index contributed by atoms with van der Waals surface area (Å²) in [6, 6.07) is -0.638. The minimum Gasteiger partial charge on any atom is -0.370 e. The zero-order chi connectivity index (χ0) is 12.3. The van der Waals surface area contributed by atoms with Crippen LogP contribution in [-0.4, -0.2) is 46.3 Å². The molecule has 1 fully saturated rings. The predicted molar refractivity (Wildman–Crippen MR) is 64.9 cm³/mol. The Morgan fingerprint density at radius 2 is 2.12 bits per heavy atom. The fraction of sp³-hybridized carbons (Fsp3) is 0.800. The van der Waals surface area contributed by atoms with E-state index in [4.69, 9.17) is 11.5 Å². The van der Waals surface area contributed by atoms with E-state index in [1.54, 1.807) is 4.90 Å². The molecular weight excluding hydrogens is 226 g/mol. The molecule has 2 amide bonds. The first-order valence-electron chi connectivity index (χ1n) is 5.39. The van der Waals surface area contributed by atoms with Crippen LogP contribution in [0.15, 0.2) is 0 Å². The average Bonchev–Trinajstić information content (AvgIpc) is 2.20. The lowest BCUT2D eigenvalue weighted by Crippen LogP contribution is -2.54. The van der Waals surface area contributed by atoms with Gasteiger partial charge in [0.25, 0.3) is 0 Å². The second-order valence-electron chi connectivity index (χ2n) is 4.13. The Balaban J connectivity index is 2.61. The SMILES string of the molecule is CC1SCCN(C(=O)C(N)CC(N)=O)C1C. The summed E-state index contributed by atoms with van der Waals surface area (Å²) < 4.78 is 0. The van der Waals surface area contributed by atoms with Gasteiger partial charge in [-0.15, -0.1) is 0 Å². The summed E-state index contributed by atoms with van der Waals surface area (Å²) in [5.74, 6) is 0.215. The highest BCUT2D eigenvalue weighted by Crippen LogP contribution is 2.24. The van der Waals surface area contributed by atoms with Gasteiger partial charge in [0.05, 0.1) is 12.5 Å². The van der Waals surface area contributed by atoms with E-state index in [1.165, 1.54) is 0 Å². The van der Waals surface area contributed by atoms with Crippen molar-refractivity contribution >= 4 is 23.6 Å². The first kappa shape index (κ1) is 13.3. The highest BCUT2D eigenvalue weighted by molar-refractivity contribution is 8.00. The van der Waals surface area contributed by atoms with Crippen LogP contribution in [0.1, 0.15) is 20.3 Å². The van der Waals surface area contributed by atoms with Crippen molar-refractivity contribution in [3.05, 3.63) is 0 Å². The maximum atomic E-state index is 12.0. The Kier molecular flexibility index (Phi) is 4.61. The maximum absolute atomic E-state index is 12.0. The van der Waals surface area contributed by atoms with Gasteiger partial charge < -0.3 is 16.4 Å². The highest BCUT2D eigenvalue weighted by atomic mass is 32.2. The number of carbonyl (C=O) groups excluding carboxylic acids is 2. The van der Waals surface area contributed by atoms with E-state index < -0.39 is 11.9 Å². The van der Waals surface area contributed by atoms with Crippen molar-refractivity contribution < 1.29 is 9.59 Å². The van der Waals surface area contributed by atoms with Crippen molar-refractivity contribution in [2.45, 2.75) is 37.6 Å². The van der Waals surface area contributed by atoms with Crippen molar-refractivity contribution in [1.82, 2.24) is 4.90 Å². The number of thioether (sulfide) groups is 1. The molecule has 0 bridgehead atoms. The van der Waals surface area contributed by atoms with Gasteiger partial charge in [-0.3, -0.25) is 9.59 Å². The quantitative estimate of drug-likeness (QED) is 0.704. The lowest BCUT2D eigenvalue weighted by molar-refractivity contribution is -0.136. The van der Waals surface area contributed by atoms with Crippen LogP contribution in [0.25, 0.3) is 0 Å². The van der Waals surface area contributed by atoms with Crippen LogP contribution in [0.2, 0.25) is 0 Å². The summed E-state index contributed by atoms with van der Waals surface area (Å²) in [5.41, 5.74) is 10.7. The number of hydrogen-bond donors (Lipinski definition) is 2. The van der Waals surface area contributed by atoms with Gasteiger partial charge in [0.15, 0.2) is 0 Å². The molecule has 3 atom stereocenters. The summed E-state index contributed by atoms with van der Waals surface area (Å²) in [6.07, 6.45) is -0.0798. The lowest BCUT2D eigenvalue weighted by Gasteiger charge is -2.38. The third-order valence-corrected chi connectivity index (χ3v) is 4.24. The Labute approximate surface area is 99.9 Å². The number of primary amides is 1. The molecule has 0 radical (unpaired) electrons. The molecule has 1 aliphatic heterocycles. The molecule has 16 heavy (non-hydrogen) atoms. The van der Waals surface area contributed by atoms with Crippen LogP contribution in [0, 0.1) is 0 Å². The Hall–Kier alpha value is -0.750. The molecule has 0 saturated carbocycles. The van der Waals surface area contributed by atoms with Crippen LogP contribution in [0.4, 0.5) is 0 Å². The average molecular weight is 245 g/mol. The Morgan fingerprint density at radius 1 is 1.50 bits per heavy atom. The number of nitrogens with zero attached hydrogens (tertiary/aromatic N) is 1. The van der Waals surface area contributed by atoms with E-state index in [2.05, 4.69) is 6.92 Å². The number of carbonyl (C=O) groups is 2. The van der Waals surface area contributed by atoms with E-state index in [1.807, 2.05) is 18.7 Å². The monoisotopic (exact) mass is 245 g/mol. The van der Waals surface area contributed by atoms with E-state index in [0.717, 1.165) is 5.75 Å². The minimum absolute atomic E-state index is 0.0798. The van der Waals surface area contributed by atoms with Crippen LogP contribution in [0.5, 0.6) is 0 Å². The van der Waals surface area contributed by atoms with Crippen molar-refractivity contribution in [1.29, 1.82) is 0 Å². The molecule has 1 rings (SSSR count). The second-order valence-corrected chi connectivity index (χ2v) is 5.61. The first-order chi connectivity index (χ1) is 7.43. The summed E-state index contributed by atoms with van der Waals surface area (Å²) in [7, 11) is 0. The molecule has 0 aliphatic carbocycles. The maximum Gasteiger partial charge on any atom is 0.240 e. The van der Waals surface area contributed by atoms with Crippen LogP contribution in [0.3, 0.4) is 0 Å². The molecule has 0 aromatic rings. The Morgan fingerprint density at radius 3 is 2.69 bits per heavy atom. The Bertz CT molecular complexity index is 285. The van der Waals surface area contributed by atoms with Gasteiger partial charge in [-0.1, -0.05) is 6.92 Å². The summed E-state index contributed by atoms with van der Waals surface area (Å²) in [4.78, 5) is 24.4. The van der Waals surface area contributed by atoms with Gasteiger partial charge in [0.2, 0.25) is 11.8 Å². The van der Waals surface area contributed by atoms with E-state index in [0.29, 0.717) is 11.8 Å². The van der Waals surface area contributed by atoms with Crippen LogP contribution >= 0.6 is 11.8 Å². The molecule has 5 nitrogen and oxygen atoms in total. The zero-order valence-corrected chi connectivity index (χ0v) is 10.5. The fourth-order valence-electron chi connectivity index (χ4n) is 1.76. The highest BCUT2D eigenvalue weighted by Gasteiger charge is 2.31. The summed E-state index contributed by atoms with van der Waals surface area (Å²) >= 11 is 1.85. The van der Waals surface area contributed by atoms with Crippen molar-refractivity contribution in [3.8, 4) is 0 Å². The van der Waals surface area contributed by atoms with E-state index in [-0.39, 0.29) is 18.4 Å². The minimum atomic E-state index is -0.796. The third kappa shape index (κ3) is 3.12. The van der Waals surface area contributed by atoms with Gasteiger partial charge in [-0.05, 0) is 6.92 Å². The van der Waals surface area contributed by atoms with Crippen LogP contribution < -0.4 is 11.5 Å². The van der Waals surface area contributed by atoms with E-state index in [9.17, 15) is 9.59 Å². The number of amides is 2. The topological polar surface area (TPSA) is 89.4 Å². The van der Waals surface area contributed by atoms with Gasteiger partial charge in [-0.25, -0.2) is 0 Å². The molecule has 1 heterocycles. The second kappa shape index (κ2) is 5.54. The molecule has 1 aliphatic rings. The van der Waals surface area contributed by atoms with Gasteiger partial charge in [0.1, 0.15) is 0 Å². The van der Waals surface area contributed by atoms with Gasteiger partial charge >= 0.3 is 0 Å². The standard InChI is InChI=1S/C10H19N3O2S/c1-6-7(2)16-4-3-13(6)10(15)8(11)5-9(12)14/h6-8H,3-5,11H2,1-2H3,(H2,12,14). The smallest absolute Gasteiger partial charge is 0.240 e. The van der Waals surface area contributed by atoms with Crippen molar-refractivity contribution in [3.63, 3.8) is 0 Å². The van der Waals surface area contributed by atoms with Crippen molar-refractivity contribution in [2.75, 3.05) is 12.3 Å². The third-order valence-electron chi connectivity index (χ3n) is 2.91.